The highest BCUT2D eigenvalue weighted by Gasteiger charge is 2.49. The van der Waals surface area contributed by atoms with E-state index in [9.17, 15) is 5.11 Å². The van der Waals surface area contributed by atoms with Gasteiger partial charge in [0.15, 0.2) is 0 Å². The van der Waals surface area contributed by atoms with Crippen LogP contribution >= 0.6 is 0 Å². The van der Waals surface area contributed by atoms with Crippen LogP contribution in [0.25, 0.3) is 0 Å². The normalized spacial score (nSPS) is 25.9. The Bertz CT molecular complexity index is 826. The van der Waals surface area contributed by atoms with Gasteiger partial charge in [0.25, 0.3) is 0 Å². The summed E-state index contributed by atoms with van der Waals surface area (Å²) in [4.78, 5) is 7.14. The molecule has 1 saturated carbocycles. The molecular weight excluding hydrogens is 348 g/mol. The molecule has 2 aromatic rings. The van der Waals surface area contributed by atoms with Crippen molar-refractivity contribution < 1.29 is 9.84 Å². The molecule has 28 heavy (non-hydrogen) atoms. The highest BCUT2D eigenvalue weighted by molar-refractivity contribution is 5.51. The molecule has 0 spiro atoms. The smallest absolute Gasteiger partial charge is 0.144 e. The second-order valence-corrected chi connectivity index (χ2v) is 8.65. The molecule has 5 rings (SSSR count). The first-order valence-electron chi connectivity index (χ1n) is 10.9. The number of aromatic hydroxyl groups is 1. The summed E-state index contributed by atoms with van der Waals surface area (Å²) in [5.41, 5.74) is 3.59. The Balaban J connectivity index is 1.57. The van der Waals surface area contributed by atoms with E-state index in [1.165, 1.54) is 50.5 Å². The summed E-state index contributed by atoms with van der Waals surface area (Å²) in [5, 5.41) is 11.1. The van der Waals surface area contributed by atoms with E-state index in [2.05, 4.69) is 35.2 Å². The molecule has 3 aliphatic rings. The van der Waals surface area contributed by atoms with Crippen LogP contribution in [0.15, 0.2) is 36.5 Å². The van der Waals surface area contributed by atoms with Crippen molar-refractivity contribution in [2.45, 2.75) is 63.7 Å². The Labute approximate surface area is 167 Å². The monoisotopic (exact) mass is 378 g/mol. The molecule has 1 aromatic heterocycles. The maximum atomic E-state index is 11.1. The van der Waals surface area contributed by atoms with Crippen molar-refractivity contribution in [1.82, 2.24) is 9.88 Å². The molecule has 4 heteroatoms. The fourth-order valence-corrected chi connectivity index (χ4v) is 5.59. The number of benzene rings is 1. The van der Waals surface area contributed by atoms with Crippen LogP contribution in [0, 0.1) is 5.92 Å². The van der Waals surface area contributed by atoms with E-state index >= 15 is 0 Å². The van der Waals surface area contributed by atoms with Crippen LogP contribution in [0.1, 0.15) is 67.3 Å². The van der Waals surface area contributed by atoms with Crippen molar-refractivity contribution in [2.75, 3.05) is 13.1 Å². The van der Waals surface area contributed by atoms with Crippen LogP contribution in [0.2, 0.25) is 0 Å². The summed E-state index contributed by atoms with van der Waals surface area (Å²) in [6.07, 6.45) is 10.7. The second-order valence-electron chi connectivity index (χ2n) is 8.65. The lowest BCUT2D eigenvalue weighted by atomic mass is 9.70. The SMILES string of the molecule is Oc1c(CN2CCCC2)ncc2c1COC2(c1ccccc1)C1CCCCC1. The molecule has 1 atom stereocenters. The lowest BCUT2D eigenvalue weighted by Crippen LogP contribution is -2.37. The summed E-state index contributed by atoms with van der Waals surface area (Å²) in [6.45, 7) is 3.42. The minimum Gasteiger partial charge on any atom is -0.506 e. The number of rotatable bonds is 4. The molecule has 4 nitrogen and oxygen atoms in total. The van der Waals surface area contributed by atoms with Crippen molar-refractivity contribution in [1.29, 1.82) is 0 Å². The minimum atomic E-state index is -0.465. The summed E-state index contributed by atoms with van der Waals surface area (Å²) >= 11 is 0. The average molecular weight is 379 g/mol. The molecule has 0 radical (unpaired) electrons. The fraction of sp³-hybridized carbons (Fsp3) is 0.542. The number of fused-ring (bicyclic) bond motifs is 1. The predicted octanol–water partition coefficient (Wildman–Crippen LogP) is 4.74. The van der Waals surface area contributed by atoms with Gasteiger partial charge < -0.3 is 9.84 Å². The quantitative estimate of drug-likeness (QED) is 0.835. The molecule has 2 fully saturated rings. The van der Waals surface area contributed by atoms with E-state index in [0.29, 0.717) is 18.3 Å². The van der Waals surface area contributed by atoms with Gasteiger partial charge in [-0.1, -0.05) is 49.6 Å². The Kier molecular flexibility index (Phi) is 4.85. The third-order valence-electron chi connectivity index (χ3n) is 7.03. The van der Waals surface area contributed by atoms with Gasteiger partial charge in [-0.2, -0.15) is 0 Å². The lowest BCUT2D eigenvalue weighted by Gasteiger charge is -2.40. The van der Waals surface area contributed by atoms with Gasteiger partial charge in [0.1, 0.15) is 11.4 Å². The lowest BCUT2D eigenvalue weighted by molar-refractivity contribution is -0.0609. The molecule has 2 aliphatic heterocycles. The van der Waals surface area contributed by atoms with E-state index < -0.39 is 5.60 Å². The van der Waals surface area contributed by atoms with Crippen LogP contribution in [0.5, 0.6) is 5.75 Å². The van der Waals surface area contributed by atoms with Crippen molar-refractivity contribution >= 4 is 0 Å². The summed E-state index contributed by atoms with van der Waals surface area (Å²) < 4.78 is 6.63. The number of pyridine rings is 1. The molecule has 0 amide bonds. The van der Waals surface area contributed by atoms with Gasteiger partial charge in [-0.05, 0) is 50.3 Å². The first-order chi connectivity index (χ1) is 13.8. The van der Waals surface area contributed by atoms with Crippen molar-refractivity contribution in [3.05, 3.63) is 58.9 Å². The van der Waals surface area contributed by atoms with Gasteiger partial charge in [-0.3, -0.25) is 9.88 Å². The number of aromatic nitrogens is 1. The summed E-state index contributed by atoms with van der Waals surface area (Å²) in [5.74, 6) is 0.800. The van der Waals surface area contributed by atoms with E-state index in [1.54, 1.807) is 0 Å². The fourth-order valence-electron chi connectivity index (χ4n) is 5.59. The zero-order chi connectivity index (χ0) is 19.0. The standard InChI is InChI=1S/C24H30N2O2/c27-23-20-17-28-24(18-9-3-1-4-10-18,19-11-5-2-6-12-19)21(20)15-25-22(23)16-26-13-7-8-14-26/h1,3-4,9-10,15,19,27H,2,5-8,11-14,16-17H2. The third-order valence-corrected chi connectivity index (χ3v) is 7.03. The molecule has 148 valence electrons. The summed E-state index contributed by atoms with van der Waals surface area (Å²) in [6, 6.07) is 10.6. The zero-order valence-corrected chi connectivity index (χ0v) is 16.6. The topological polar surface area (TPSA) is 45.6 Å². The van der Waals surface area contributed by atoms with Crippen LogP contribution in [0.3, 0.4) is 0 Å². The Hall–Kier alpha value is -1.91. The average Bonchev–Trinajstić information content (AvgIpc) is 3.40. The molecule has 1 unspecified atom stereocenters. The minimum absolute atomic E-state index is 0.359. The first kappa shape index (κ1) is 18.1. The van der Waals surface area contributed by atoms with Gasteiger partial charge in [0, 0.05) is 23.9 Å². The van der Waals surface area contributed by atoms with Crippen LogP contribution in [0.4, 0.5) is 0 Å². The van der Waals surface area contributed by atoms with Gasteiger partial charge in [0.05, 0.1) is 12.3 Å². The Morgan fingerprint density at radius 1 is 1.04 bits per heavy atom. The number of likely N-dealkylation sites (tertiary alicyclic amines) is 1. The number of hydrogen-bond donors (Lipinski definition) is 1. The Morgan fingerprint density at radius 3 is 2.54 bits per heavy atom. The number of ether oxygens (including phenoxy) is 1. The van der Waals surface area contributed by atoms with Crippen LogP contribution in [-0.2, 0) is 23.5 Å². The van der Waals surface area contributed by atoms with Crippen molar-refractivity contribution in [2.24, 2.45) is 5.92 Å². The third kappa shape index (κ3) is 2.94. The molecule has 1 aliphatic carbocycles. The Morgan fingerprint density at radius 2 is 1.79 bits per heavy atom. The van der Waals surface area contributed by atoms with Crippen LogP contribution in [-0.4, -0.2) is 28.1 Å². The molecule has 1 N–H and O–H groups in total. The zero-order valence-electron chi connectivity index (χ0n) is 16.6. The van der Waals surface area contributed by atoms with E-state index in [1.807, 2.05) is 6.20 Å². The first-order valence-corrected chi connectivity index (χ1v) is 10.9. The summed E-state index contributed by atoms with van der Waals surface area (Å²) in [7, 11) is 0. The van der Waals surface area contributed by atoms with Gasteiger partial charge in [-0.25, -0.2) is 0 Å². The molecular formula is C24H30N2O2. The molecule has 0 bridgehead atoms. The van der Waals surface area contributed by atoms with E-state index in [0.717, 1.165) is 36.5 Å². The maximum absolute atomic E-state index is 11.1. The highest BCUT2D eigenvalue weighted by atomic mass is 16.5. The number of hydrogen-bond acceptors (Lipinski definition) is 4. The predicted molar refractivity (Wildman–Crippen MR) is 109 cm³/mol. The highest BCUT2D eigenvalue weighted by Crippen LogP contribution is 2.53. The maximum Gasteiger partial charge on any atom is 0.144 e. The van der Waals surface area contributed by atoms with Crippen LogP contribution < -0.4 is 0 Å². The van der Waals surface area contributed by atoms with Crippen molar-refractivity contribution in [3.8, 4) is 5.75 Å². The van der Waals surface area contributed by atoms with Gasteiger partial charge in [0.2, 0.25) is 0 Å². The number of nitrogens with zero attached hydrogens (tertiary/aromatic N) is 2. The van der Waals surface area contributed by atoms with E-state index in [-0.39, 0.29) is 0 Å². The largest absolute Gasteiger partial charge is 0.506 e. The molecule has 3 heterocycles. The van der Waals surface area contributed by atoms with Gasteiger partial charge >= 0.3 is 0 Å². The van der Waals surface area contributed by atoms with Gasteiger partial charge in [-0.15, -0.1) is 0 Å². The second kappa shape index (κ2) is 7.49. The van der Waals surface area contributed by atoms with Crippen molar-refractivity contribution in [3.63, 3.8) is 0 Å². The van der Waals surface area contributed by atoms with E-state index in [4.69, 9.17) is 9.72 Å². The molecule has 1 saturated heterocycles. The molecule has 1 aromatic carbocycles.